The van der Waals surface area contributed by atoms with Crippen molar-refractivity contribution < 1.29 is 19.4 Å². The molecule has 0 radical (unpaired) electrons. The maximum atomic E-state index is 12.0. The van der Waals surface area contributed by atoms with Gasteiger partial charge in [-0.05, 0) is 17.7 Å². The Morgan fingerprint density at radius 1 is 1.29 bits per heavy atom. The number of rotatable bonds is 7. The first-order chi connectivity index (χ1) is 11.6. The highest BCUT2D eigenvalue weighted by Gasteiger charge is 2.57. The third kappa shape index (κ3) is 3.27. The standard InChI is InChI=1S/C18H26N2O4/c1-23-7-6-19-10-15-11-20(13-18(15,12-19)17(21)22)9-14-4-3-5-16(8-14)24-2/h3-5,8,15H,6-7,9-13H2,1-2H3,(H,21,22)/t15-,18-/m0/s1. The fourth-order valence-corrected chi connectivity index (χ4v) is 4.12. The van der Waals surface area contributed by atoms with Gasteiger partial charge in [0.15, 0.2) is 0 Å². The van der Waals surface area contributed by atoms with Gasteiger partial charge in [-0.3, -0.25) is 14.6 Å². The van der Waals surface area contributed by atoms with E-state index >= 15 is 0 Å². The number of nitrogens with zero attached hydrogens (tertiary/aromatic N) is 2. The van der Waals surface area contributed by atoms with Crippen LogP contribution in [0.1, 0.15) is 5.56 Å². The molecule has 1 aromatic rings. The van der Waals surface area contributed by atoms with Crippen LogP contribution in [0.4, 0.5) is 0 Å². The topological polar surface area (TPSA) is 62.2 Å². The second-order valence-corrected chi connectivity index (χ2v) is 6.91. The van der Waals surface area contributed by atoms with Crippen molar-refractivity contribution in [3.8, 4) is 5.75 Å². The van der Waals surface area contributed by atoms with Crippen molar-refractivity contribution in [3.05, 3.63) is 29.8 Å². The zero-order chi connectivity index (χ0) is 17.2. The van der Waals surface area contributed by atoms with Gasteiger partial charge in [0, 0.05) is 52.3 Å². The largest absolute Gasteiger partial charge is 0.497 e. The maximum absolute atomic E-state index is 12.0. The number of aliphatic carboxylic acids is 1. The number of hydrogen-bond acceptors (Lipinski definition) is 5. The van der Waals surface area contributed by atoms with E-state index in [1.54, 1.807) is 14.2 Å². The molecule has 0 unspecified atom stereocenters. The summed E-state index contributed by atoms with van der Waals surface area (Å²) in [6.07, 6.45) is 0. The molecule has 2 aliphatic rings. The van der Waals surface area contributed by atoms with Gasteiger partial charge in [0.1, 0.15) is 5.75 Å². The van der Waals surface area contributed by atoms with E-state index in [-0.39, 0.29) is 5.92 Å². The first kappa shape index (κ1) is 17.2. The molecular formula is C18H26N2O4. The normalized spacial score (nSPS) is 27.3. The average molecular weight is 334 g/mol. The highest BCUT2D eigenvalue weighted by molar-refractivity contribution is 5.77. The van der Waals surface area contributed by atoms with Crippen LogP contribution in [0.3, 0.4) is 0 Å². The summed E-state index contributed by atoms with van der Waals surface area (Å²) in [5, 5.41) is 9.88. The molecular weight excluding hydrogens is 308 g/mol. The highest BCUT2D eigenvalue weighted by atomic mass is 16.5. The molecule has 0 aliphatic carbocycles. The second-order valence-electron chi connectivity index (χ2n) is 6.91. The first-order valence-electron chi connectivity index (χ1n) is 8.37. The van der Waals surface area contributed by atoms with Crippen molar-refractivity contribution in [3.63, 3.8) is 0 Å². The Labute approximate surface area is 143 Å². The molecule has 6 heteroatoms. The zero-order valence-corrected chi connectivity index (χ0v) is 14.4. The number of methoxy groups -OCH3 is 2. The maximum Gasteiger partial charge on any atom is 0.312 e. The fraction of sp³-hybridized carbons (Fsp3) is 0.611. The summed E-state index contributed by atoms with van der Waals surface area (Å²) < 4.78 is 10.4. The Bertz CT molecular complexity index is 594. The van der Waals surface area contributed by atoms with Crippen LogP contribution in [0.2, 0.25) is 0 Å². The lowest BCUT2D eigenvalue weighted by atomic mass is 9.81. The van der Waals surface area contributed by atoms with Crippen LogP contribution in [-0.2, 0) is 16.1 Å². The van der Waals surface area contributed by atoms with E-state index in [4.69, 9.17) is 9.47 Å². The predicted molar refractivity (Wildman–Crippen MR) is 90.1 cm³/mol. The van der Waals surface area contributed by atoms with Crippen molar-refractivity contribution in [2.75, 3.05) is 53.6 Å². The van der Waals surface area contributed by atoms with E-state index in [1.165, 1.54) is 0 Å². The van der Waals surface area contributed by atoms with Crippen LogP contribution in [0, 0.1) is 11.3 Å². The number of carbonyl (C=O) groups is 1. The molecule has 6 nitrogen and oxygen atoms in total. The van der Waals surface area contributed by atoms with Gasteiger partial charge in [-0.2, -0.15) is 0 Å². The number of carboxylic acids is 1. The van der Waals surface area contributed by atoms with E-state index in [1.807, 2.05) is 18.2 Å². The van der Waals surface area contributed by atoms with Gasteiger partial charge >= 0.3 is 5.97 Å². The molecule has 0 amide bonds. The Kier molecular flexibility index (Phi) is 5.08. The smallest absolute Gasteiger partial charge is 0.312 e. The molecule has 3 rings (SSSR count). The molecule has 2 aliphatic heterocycles. The van der Waals surface area contributed by atoms with E-state index in [0.717, 1.165) is 37.5 Å². The number of likely N-dealkylation sites (tertiary alicyclic amines) is 2. The summed E-state index contributed by atoms with van der Waals surface area (Å²) in [6.45, 7) is 5.10. The van der Waals surface area contributed by atoms with Gasteiger partial charge < -0.3 is 14.6 Å². The van der Waals surface area contributed by atoms with Crippen molar-refractivity contribution >= 4 is 5.97 Å². The average Bonchev–Trinajstić information content (AvgIpc) is 3.07. The van der Waals surface area contributed by atoms with E-state index < -0.39 is 11.4 Å². The quantitative estimate of drug-likeness (QED) is 0.807. The summed E-state index contributed by atoms with van der Waals surface area (Å²) in [5.74, 6) is 0.351. The molecule has 1 N–H and O–H groups in total. The van der Waals surface area contributed by atoms with Gasteiger partial charge in [0.2, 0.25) is 0 Å². The molecule has 24 heavy (non-hydrogen) atoms. The van der Waals surface area contributed by atoms with E-state index in [9.17, 15) is 9.90 Å². The van der Waals surface area contributed by atoms with Crippen LogP contribution in [0.15, 0.2) is 24.3 Å². The number of hydrogen-bond donors (Lipinski definition) is 1. The zero-order valence-electron chi connectivity index (χ0n) is 14.4. The van der Waals surface area contributed by atoms with Gasteiger partial charge in [0.25, 0.3) is 0 Å². The Morgan fingerprint density at radius 3 is 2.71 bits per heavy atom. The Hall–Kier alpha value is -1.63. The summed E-state index contributed by atoms with van der Waals surface area (Å²) >= 11 is 0. The first-order valence-corrected chi connectivity index (χ1v) is 8.37. The van der Waals surface area contributed by atoms with Gasteiger partial charge in [-0.15, -0.1) is 0 Å². The van der Waals surface area contributed by atoms with Crippen LogP contribution in [0.25, 0.3) is 0 Å². The molecule has 0 aromatic heterocycles. The second kappa shape index (κ2) is 7.09. The molecule has 2 heterocycles. The molecule has 1 aromatic carbocycles. The molecule has 0 bridgehead atoms. The van der Waals surface area contributed by atoms with Crippen LogP contribution < -0.4 is 4.74 Å². The van der Waals surface area contributed by atoms with Crippen LogP contribution >= 0.6 is 0 Å². The van der Waals surface area contributed by atoms with Gasteiger partial charge in [-0.25, -0.2) is 0 Å². The highest BCUT2D eigenvalue weighted by Crippen LogP contribution is 2.43. The third-order valence-electron chi connectivity index (χ3n) is 5.33. The lowest BCUT2D eigenvalue weighted by molar-refractivity contribution is -0.149. The van der Waals surface area contributed by atoms with E-state index in [2.05, 4.69) is 15.9 Å². The summed E-state index contributed by atoms with van der Waals surface area (Å²) in [4.78, 5) is 16.5. The summed E-state index contributed by atoms with van der Waals surface area (Å²) in [5.41, 5.74) is 0.512. The third-order valence-corrected chi connectivity index (χ3v) is 5.33. The minimum absolute atomic E-state index is 0.178. The van der Waals surface area contributed by atoms with Crippen LogP contribution in [0.5, 0.6) is 5.75 Å². The lowest BCUT2D eigenvalue weighted by Gasteiger charge is -2.25. The Balaban J connectivity index is 1.67. The fourth-order valence-electron chi connectivity index (χ4n) is 4.12. The van der Waals surface area contributed by atoms with Crippen molar-refractivity contribution in [2.45, 2.75) is 6.54 Å². The minimum atomic E-state index is -0.666. The van der Waals surface area contributed by atoms with Gasteiger partial charge in [-0.1, -0.05) is 12.1 Å². The lowest BCUT2D eigenvalue weighted by Crippen LogP contribution is -2.41. The van der Waals surface area contributed by atoms with Crippen molar-refractivity contribution in [1.29, 1.82) is 0 Å². The minimum Gasteiger partial charge on any atom is -0.497 e. The number of carboxylic acid groups (broad SMARTS) is 1. The number of ether oxygens (including phenoxy) is 2. The van der Waals surface area contributed by atoms with Crippen molar-refractivity contribution in [1.82, 2.24) is 9.80 Å². The van der Waals surface area contributed by atoms with Crippen molar-refractivity contribution in [2.24, 2.45) is 11.3 Å². The Morgan fingerprint density at radius 2 is 2.04 bits per heavy atom. The molecule has 2 fully saturated rings. The SMILES string of the molecule is COCCN1C[C@H]2CN(Cc3cccc(OC)c3)C[C@@]2(C(=O)O)C1. The molecule has 132 valence electrons. The van der Waals surface area contributed by atoms with Crippen LogP contribution in [-0.4, -0.2) is 74.4 Å². The molecule has 2 atom stereocenters. The molecule has 2 saturated heterocycles. The molecule has 0 saturated carbocycles. The monoisotopic (exact) mass is 334 g/mol. The number of fused-ring (bicyclic) bond motifs is 1. The molecule has 0 spiro atoms. The summed E-state index contributed by atoms with van der Waals surface area (Å²) in [7, 11) is 3.34. The van der Waals surface area contributed by atoms with Gasteiger partial charge in [0.05, 0.1) is 19.1 Å². The van der Waals surface area contributed by atoms with E-state index in [0.29, 0.717) is 19.7 Å². The predicted octanol–water partition coefficient (Wildman–Crippen LogP) is 1.16. The summed E-state index contributed by atoms with van der Waals surface area (Å²) in [6, 6.07) is 7.99. The number of benzene rings is 1.